The molecular formula is C23H36N4O2. The fourth-order valence-electron chi connectivity index (χ4n) is 4.26. The maximum Gasteiger partial charge on any atom is 0.225 e. The predicted octanol–water partition coefficient (Wildman–Crippen LogP) is 3.11. The van der Waals surface area contributed by atoms with Crippen LogP contribution >= 0.6 is 0 Å². The monoisotopic (exact) mass is 400 g/mol. The van der Waals surface area contributed by atoms with Crippen molar-refractivity contribution in [3.63, 3.8) is 0 Å². The average Bonchev–Trinajstić information content (AvgIpc) is 3.45. The molecule has 2 fully saturated rings. The summed E-state index contributed by atoms with van der Waals surface area (Å²) >= 11 is 0. The molecule has 2 aliphatic rings. The van der Waals surface area contributed by atoms with Crippen molar-refractivity contribution in [2.45, 2.75) is 57.6 Å². The van der Waals surface area contributed by atoms with Crippen molar-refractivity contribution in [3.05, 3.63) is 35.9 Å². The summed E-state index contributed by atoms with van der Waals surface area (Å²) in [5.41, 5.74) is 1.20. The van der Waals surface area contributed by atoms with Crippen LogP contribution in [0.15, 0.2) is 35.3 Å². The van der Waals surface area contributed by atoms with Gasteiger partial charge in [0.15, 0.2) is 5.96 Å². The van der Waals surface area contributed by atoms with Gasteiger partial charge in [-0.3, -0.25) is 9.79 Å². The number of guanidine groups is 1. The van der Waals surface area contributed by atoms with Crippen molar-refractivity contribution in [1.82, 2.24) is 15.5 Å². The van der Waals surface area contributed by atoms with E-state index >= 15 is 0 Å². The number of hydrogen-bond donors (Lipinski definition) is 2. The van der Waals surface area contributed by atoms with Crippen molar-refractivity contribution >= 4 is 11.9 Å². The minimum Gasteiger partial charge on any atom is -0.374 e. The normalized spacial score (nSPS) is 21.4. The van der Waals surface area contributed by atoms with Crippen molar-refractivity contribution in [2.24, 2.45) is 10.9 Å². The summed E-state index contributed by atoms with van der Waals surface area (Å²) in [6.07, 6.45) is 6.55. The van der Waals surface area contributed by atoms with Gasteiger partial charge in [-0.25, -0.2) is 0 Å². The summed E-state index contributed by atoms with van der Waals surface area (Å²) in [7, 11) is 1.79. The maximum absolute atomic E-state index is 12.6. The highest BCUT2D eigenvalue weighted by Gasteiger charge is 2.32. The van der Waals surface area contributed by atoms with Gasteiger partial charge in [0.25, 0.3) is 0 Å². The maximum atomic E-state index is 12.6. The summed E-state index contributed by atoms with van der Waals surface area (Å²) in [5.74, 6) is 1.44. The SMILES string of the molecule is CN=C(NCCCOC(C)c1ccccc1)NC1CCN(C(=O)C2CCCC2)C1. The van der Waals surface area contributed by atoms with Crippen LogP contribution < -0.4 is 10.6 Å². The average molecular weight is 401 g/mol. The Hall–Kier alpha value is -2.08. The number of nitrogens with one attached hydrogen (secondary N) is 2. The first-order chi connectivity index (χ1) is 14.2. The molecule has 6 nitrogen and oxygen atoms in total. The quantitative estimate of drug-likeness (QED) is 0.400. The van der Waals surface area contributed by atoms with Crippen molar-refractivity contribution in [3.8, 4) is 0 Å². The third-order valence-electron chi connectivity index (χ3n) is 6.02. The lowest BCUT2D eigenvalue weighted by atomic mass is 10.1. The van der Waals surface area contributed by atoms with Crippen molar-refractivity contribution in [2.75, 3.05) is 33.3 Å². The van der Waals surface area contributed by atoms with Crippen molar-refractivity contribution in [1.29, 1.82) is 0 Å². The van der Waals surface area contributed by atoms with Crippen LogP contribution in [-0.2, 0) is 9.53 Å². The van der Waals surface area contributed by atoms with E-state index in [9.17, 15) is 4.79 Å². The predicted molar refractivity (Wildman–Crippen MR) is 117 cm³/mol. The molecule has 0 spiro atoms. The zero-order valence-electron chi connectivity index (χ0n) is 17.9. The number of aliphatic imine (C=N–C) groups is 1. The molecular weight excluding hydrogens is 364 g/mol. The molecule has 0 radical (unpaired) electrons. The minimum atomic E-state index is 0.107. The minimum absolute atomic E-state index is 0.107. The number of ether oxygens (including phenoxy) is 1. The third kappa shape index (κ3) is 6.46. The van der Waals surface area contributed by atoms with Crippen LogP contribution in [0.5, 0.6) is 0 Å². The lowest BCUT2D eigenvalue weighted by Crippen LogP contribution is -2.45. The molecule has 3 rings (SSSR count). The number of rotatable bonds is 8. The Morgan fingerprint density at radius 3 is 2.72 bits per heavy atom. The van der Waals surface area contributed by atoms with Crippen LogP contribution in [0.2, 0.25) is 0 Å². The molecule has 0 aromatic heterocycles. The van der Waals surface area contributed by atoms with E-state index < -0.39 is 0 Å². The molecule has 1 aliphatic carbocycles. The Labute approximate surface area is 175 Å². The Balaban J connectivity index is 1.31. The standard InChI is InChI=1S/C23H36N4O2/c1-18(19-9-4-3-5-10-19)29-16-8-14-25-23(24-2)26-21-13-15-27(17-21)22(28)20-11-6-7-12-20/h3-5,9-10,18,20-21H,6-8,11-17H2,1-2H3,(H2,24,25,26). The first-order valence-electron chi connectivity index (χ1n) is 11.1. The molecule has 160 valence electrons. The number of carbonyl (C=O) groups is 1. The molecule has 6 heteroatoms. The van der Waals surface area contributed by atoms with Gasteiger partial charge < -0.3 is 20.3 Å². The lowest BCUT2D eigenvalue weighted by Gasteiger charge is -2.21. The van der Waals surface area contributed by atoms with E-state index in [1.165, 1.54) is 18.4 Å². The van der Waals surface area contributed by atoms with Crippen LogP contribution in [-0.4, -0.2) is 56.1 Å². The number of benzene rings is 1. The van der Waals surface area contributed by atoms with Crippen LogP contribution in [0.3, 0.4) is 0 Å². The van der Waals surface area contributed by atoms with Gasteiger partial charge in [0.05, 0.1) is 6.10 Å². The van der Waals surface area contributed by atoms with Gasteiger partial charge in [-0.15, -0.1) is 0 Å². The fraction of sp³-hybridized carbons (Fsp3) is 0.652. The highest BCUT2D eigenvalue weighted by Crippen LogP contribution is 2.27. The highest BCUT2D eigenvalue weighted by molar-refractivity contribution is 5.81. The number of nitrogens with zero attached hydrogens (tertiary/aromatic N) is 2. The molecule has 2 unspecified atom stereocenters. The topological polar surface area (TPSA) is 66.0 Å². The second-order valence-corrected chi connectivity index (χ2v) is 8.17. The lowest BCUT2D eigenvalue weighted by molar-refractivity contribution is -0.134. The van der Waals surface area contributed by atoms with E-state index in [0.29, 0.717) is 12.5 Å². The van der Waals surface area contributed by atoms with Crippen LogP contribution in [0.4, 0.5) is 0 Å². The number of amides is 1. The van der Waals surface area contributed by atoms with Crippen molar-refractivity contribution < 1.29 is 9.53 Å². The van der Waals surface area contributed by atoms with Gasteiger partial charge in [0.2, 0.25) is 5.91 Å². The summed E-state index contributed by atoms with van der Waals surface area (Å²) < 4.78 is 5.92. The molecule has 29 heavy (non-hydrogen) atoms. The number of hydrogen-bond acceptors (Lipinski definition) is 3. The van der Waals surface area contributed by atoms with Gasteiger partial charge in [0.1, 0.15) is 0 Å². The largest absolute Gasteiger partial charge is 0.374 e. The van der Waals surface area contributed by atoms with E-state index in [4.69, 9.17) is 4.74 Å². The van der Waals surface area contributed by atoms with Gasteiger partial charge in [-0.1, -0.05) is 43.2 Å². The van der Waals surface area contributed by atoms with E-state index in [1.807, 2.05) is 23.1 Å². The second kappa shape index (κ2) is 11.2. The molecule has 1 aliphatic heterocycles. The zero-order chi connectivity index (χ0) is 20.5. The second-order valence-electron chi connectivity index (χ2n) is 8.17. The molecule has 0 bridgehead atoms. The summed E-state index contributed by atoms with van der Waals surface area (Å²) in [5, 5.41) is 6.84. The van der Waals surface area contributed by atoms with Gasteiger partial charge >= 0.3 is 0 Å². The van der Waals surface area contributed by atoms with E-state index in [0.717, 1.165) is 51.3 Å². The summed E-state index contributed by atoms with van der Waals surface area (Å²) in [6.45, 7) is 5.23. The van der Waals surface area contributed by atoms with E-state index in [1.54, 1.807) is 7.05 Å². The smallest absolute Gasteiger partial charge is 0.225 e. The number of carbonyl (C=O) groups excluding carboxylic acids is 1. The molecule has 1 saturated carbocycles. The van der Waals surface area contributed by atoms with Crippen LogP contribution in [0.1, 0.15) is 57.1 Å². The first-order valence-corrected chi connectivity index (χ1v) is 11.1. The zero-order valence-corrected chi connectivity index (χ0v) is 17.9. The van der Waals surface area contributed by atoms with Gasteiger partial charge in [0, 0.05) is 45.2 Å². The number of likely N-dealkylation sites (tertiary alicyclic amines) is 1. The molecule has 1 saturated heterocycles. The van der Waals surface area contributed by atoms with Gasteiger partial charge in [-0.05, 0) is 38.2 Å². The van der Waals surface area contributed by atoms with E-state index in [-0.39, 0.29) is 18.1 Å². The molecule has 1 aromatic carbocycles. The summed E-state index contributed by atoms with van der Waals surface area (Å²) in [4.78, 5) is 19.0. The Morgan fingerprint density at radius 2 is 2.00 bits per heavy atom. The summed E-state index contributed by atoms with van der Waals surface area (Å²) in [6, 6.07) is 10.6. The van der Waals surface area contributed by atoms with Crippen LogP contribution in [0.25, 0.3) is 0 Å². The fourth-order valence-corrected chi connectivity index (χ4v) is 4.26. The Bertz CT molecular complexity index is 658. The highest BCUT2D eigenvalue weighted by atomic mass is 16.5. The molecule has 1 heterocycles. The Kier molecular flexibility index (Phi) is 8.35. The molecule has 1 amide bonds. The first kappa shape index (κ1) is 21.6. The van der Waals surface area contributed by atoms with E-state index in [2.05, 4.69) is 34.7 Å². The molecule has 1 aromatic rings. The molecule has 2 atom stereocenters. The Morgan fingerprint density at radius 1 is 1.24 bits per heavy atom. The van der Waals surface area contributed by atoms with Crippen LogP contribution in [0, 0.1) is 5.92 Å². The van der Waals surface area contributed by atoms with Gasteiger partial charge in [-0.2, -0.15) is 0 Å². The molecule has 2 N–H and O–H groups in total. The third-order valence-corrected chi connectivity index (χ3v) is 6.02.